The van der Waals surface area contributed by atoms with Crippen LogP contribution in [0.5, 0.6) is 0 Å². The predicted molar refractivity (Wildman–Crippen MR) is 248 cm³/mol. The van der Waals surface area contributed by atoms with E-state index in [-0.39, 0.29) is 6.17 Å². The molecule has 4 heteroatoms. The fourth-order valence-corrected chi connectivity index (χ4v) is 9.20. The lowest BCUT2D eigenvalue weighted by Gasteiger charge is -2.24. The number of hydrogen-bond acceptors (Lipinski definition) is 3. The fourth-order valence-electron chi connectivity index (χ4n) is 9.20. The molecule has 2 heterocycles. The molecule has 1 unspecified atom stereocenters. The third-order valence-electron chi connectivity index (χ3n) is 12.0. The molecule has 0 radical (unpaired) electrons. The molecule has 0 spiro atoms. The minimum absolute atomic E-state index is 0.299. The molecule has 0 saturated carbocycles. The number of aliphatic imine (C=N–C) groups is 2. The second-order valence-electron chi connectivity index (χ2n) is 15.4. The Morgan fingerprint density at radius 1 is 0.390 bits per heavy atom. The normalized spacial score (nSPS) is 14.3. The monoisotopic (exact) mass is 752 g/mol. The highest BCUT2D eigenvalue weighted by Gasteiger charge is 2.22. The van der Waals surface area contributed by atoms with Gasteiger partial charge >= 0.3 is 0 Å². The van der Waals surface area contributed by atoms with Crippen LogP contribution in [0.3, 0.4) is 0 Å². The molecule has 0 saturated heterocycles. The van der Waals surface area contributed by atoms with Gasteiger partial charge in [-0.25, -0.2) is 9.98 Å². The Kier molecular flexibility index (Phi) is 7.57. The van der Waals surface area contributed by atoms with Crippen molar-refractivity contribution < 1.29 is 0 Å². The van der Waals surface area contributed by atoms with Crippen molar-refractivity contribution in [1.29, 1.82) is 0 Å². The van der Waals surface area contributed by atoms with Crippen LogP contribution in [0.25, 0.3) is 81.7 Å². The van der Waals surface area contributed by atoms with Crippen LogP contribution < -0.4 is 5.32 Å². The summed E-state index contributed by atoms with van der Waals surface area (Å²) in [6, 6.07) is 74.1. The van der Waals surface area contributed by atoms with Crippen LogP contribution >= 0.6 is 0 Å². The Labute approximate surface area is 341 Å². The van der Waals surface area contributed by atoms with Crippen molar-refractivity contribution in [2.45, 2.75) is 6.17 Å². The maximum absolute atomic E-state index is 5.13. The van der Waals surface area contributed by atoms with Crippen LogP contribution in [0.2, 0.25) is 0 Å². The molecule has 0 aliphatic carbocycles. The number of hydrogen-bond donors (Lipinski definition) is 1. The zero-order chi connectivity index (χ0) is 38.9. The highest BCUT2D eigenvalue weighted by atomic mass is 15.2. The molecule has 10 aromatic carbocycles. The first-order valence-corrected chi connectivity index (χ1v) is 20.2. The molecule has 1 atom stereocenters. The van der Waals surface area contributed by atoms with Gasteiger partial charge in [0.25, 0.3) is 0 Å². The molecule has 0 fully saturated rings. The van der Waals surface area contributed by atoms with E-state index < -0.39 is 0 Å². The summed E-state index contributed by atoms with van der Waals surface area (Å²) in [6.07, 6.45) is -0.299. The second kappa shape index (κ2) is 13.4. The minimum Gasteiger partial charge on any atom is -0.344 e. The summed E-state index contributed by atoms with van der Waals surface area (Å²) in [4.78, 5) is 10.3. The van der Waals surface area contributed by atoms with Gasteiger partial charge in [-0.2, -0.15) is 0 Å². The number of rotatable bonds is 5. The Hall–Kier alpha value is -7.82. The van der Waals surface area contributed by atoms with Crippen molar-refractivity contribution in [3.63, 3.8) is 0 Å². The Morgan fingerprint density at radius 3 is 1.61 bits per heavy atom. The summed E-state index contributed by atoms with van der Waals surface area (Å²) >= 11 is 0. The van der Waals surface area contributed by atoms with Gasteiger partial charge < -0.3 is 9.88 Å². The van der Waals surface area contributed by atoms with Gasteiger partial charge in [-0.05, 0) is 102 Å². The van der Waals surface area contributed by atoms with Gasteiger partial charge in [0, 0.05) is 27.6 Å². The minimum atomic E-state index is -0.299. The number of nitrogens with zero attached hydrogens (tertiary/aromatic N) is 3. The van der Waals surface area contributed by atoms with E-state index in [1.165, 1.54) is 76.0 Å². The summed E-state index contributed by atoms with van der Waals surface area (Å²) in [5, 5.41) is 16.3. The number of fused-ring (bicyclic) bond motifs is 11. The second-order valence-corrected chi connectivity index (χ2v) is 15.4. The van der Waals surface area contributed by atoms with Gasteiger partial charge in [0.15, 0.2) is 5.84 Å². The van der Waals surface area contributed by atoms with Crippen molar-refractivity contribution in [3.05, 3.63) is 223 Å². The quantitative estimate of drug-likeness (QED) is 0.175. The molecular weight excluding hydrogens is 717 g/mol. The highest BCUT2D eigenvalue weighted by Crippen LogP contribution is 2.43. The van der Waals surface area contributed by atoms with E-state index >= 15 is 0 Å². The Morgan fingerprint density at radius 2 is 0.932 bits per heavy atom. The van der Waals surface area contributed by atoms with Gasteiger partial charge in [0.05, 0.1) is 11.0 Å². The molecule has 276 valence electrons. The van der Waals surface area contributed by atoms with Crippen molar-refractivity contribution in [1.82, 2.24) is 9.88 Å². The average molecular weight is 753 g/mol. The predicted octanol–water partition coefficient (Wildman–Crippen LogP) is 13.6. The van der Waals surface area contributed by atoms with E-state index in [1.807, 2.05) is 24.3 Å². The van der Waals surface area contributed by atoms with Crippen LogP contribution in [0, 0.1) is 0 Å². The van der Waals surface area contributed by atoms with Gasteiger partial charge in [0.2, 0.25) is 0 Å². The summed E-state index contributed by atoms with van der Waals surface area (Å²) in [7, 11) is 0. The molecular formula is C55H36N4. The molecule has 1 N–H and O–H groups in total. The van der Waals surface area contributed by atoms with E-state index in [9.17, 15) is 0 Å². The van der Waals surface area contributed by atoms with Gasteiger partial charge in [-0.3, -0.25) is 0 Å². The van der Waals surface area contributed by atoms with Gasteiger partial charge in [0.1, 0.15) is 12.0 Å². The number of benzene rings is 10. The molecule has 0 amide bonds. The van der Waals surface area contributed by atoms with Crippen molar-refractivity contribution in [2.75, 3.05) is 0 Å². The third-order valence-corrected chi connectivity index (χ3v) is 12.0. The summed E-state index contributed by atoms with van der Waals surface area (Å²) in [6.45, 7) is 0. The van der Waals surface area contributed by atoms with E-state index in [4.69, 9.17) is 9.98 Å². The first kappa shape index (κ1) is 33.3. The van der Waals surface area contributed by atoms with Crippen LogP contribution in [-0.4, -0.2) is 16.2 Å². The average Bonchev–Trinajstić information content (AvgIpc) is 3.65. The lowest BCUT2D eigenvalue weighted by atomic mass is 9.93. The van der Waals surface area contributed by atoms with Crippen LogP contribution in [0.1, 0.15) is 22.9 Å². The van der Waals surface area contributed by atoms with Gasteiger partial charge in [-0.15, -0.1) is 0 Å². The summed E-state index contributed by atoms with van der Waals surface area (Å²) in [5.41, 5.74) is 8.88. The first-order valence-electron chi connectivity index (χ1n) is 20.2. The molecule has 11 aromatic rings. The maximum Gasteiger partial charge on any atom is 0.159 e. The van der Waals surface area contributed by atoms with E-state index in [0.717, 1.165) is 28.2 Å². The Balaban J connectivity index is 1.01. The smallest absolute Gasteiger partial charge is 0.159 e. The number of aromatic nitrogens is 1. The zero-order valence-electron chi connectivity index (χ0n) is 32.0. The molecule has 4 nitrogen and oxygen atoms in total. The molecule has 1 aromatic heterocycles. The zero-order valence-corrected chi connectivity index (χ0v) is 32.0. The molecule has 12 rings (SSSR count). The summed E-state index contributed by atoms with van der Waals surface area (Å²) in [5.74, 6) is 1.50. The van der Waals surface area contributed by atoms with E-state index in [1.54, 1.807) is 0 Å². The number of amidine groups is 2. The fraction of sp³-hybridized carbons (Fsp3) is 0.0182. The molecule has 59 heavy (non-hydrogen) atoms. The number of nitrogens with one attached hydrogen (secondary N) is 1. The largest absolute Gasteiger partial charge is 0.344 e. The van der Waals surface area contributed by atoms with Crippen molar-refractivity contribution in [3.8, 4) is 16.8 Å². The van der Waals surface area contributed by atoms with Crippen LogP contribution in [-0.2, 0) is 0 Å². The van der Waals surface area contributed by atoms with Crippen LogP contribution in [0.4, 0.5) is 0 Å². The standard InChI is InChI=1S/C55H36N4/c1-3-13-35(14-4-1)36-23-25-39(26-24-36)54-56-53(38-16-5-2-6-17-38)57-55(58-54)40-27-30-41(31-28-40)59-50-32-29-37-15-7-8-18-42(37)52(50)49-33-47-45-21-11-9-19-43(45)44-20-10-12-22-46(44)48(47)34-51(49)59/h1-34,54H,(H,56,57,58). The van der Waals surface area contributed by atoms with Gasteiger partial charge in [-0.1, -0.05) is 164 Å². The van der Waals surface area contributed by atoms with Crippen molar-refractivity contribution in [2.24, 2.45) is 9.98 Å². The SMILES string of the molecule is c1ccc(C2=NC(c3ccc(-c4ccccc4)cc3)NC(c3ccc(-n4c5cc6c7ccccc7c7ccccc7c6cc5c5c6ccccc6ccc54)cc3)=N2)cc1. The van der Waals surface area contributed by atoms with E-state index in [0.29, 0.717) is 5.84 Å². The first-order chi connectivity index (χ1) is 29.2. The molecule has 1 aliphatic rings. The Bertz CT molecular complexity index is 3490. The lowest BCUT2D eigenvalue weighted by molar-refractivity contribution is 0.674. The third kappa shape index (κ3) is 5.45. The van der Waals surface area contributed by atoms with E-state index in [2.05, 4.69) is 192 Å². The summed E-state index contributed by atoms with van der Waals surface area (Å²) < 4.78 is 2.44. The highest BCUT2D eigenvalue weighted by molar-refractivity contribution is 6.30. The molecule has 1 aliphatic heterocycles. The van der Waals surface area contributed by atoms with Crippen molar-refractivity contribution >= 4 is 76.6 Å². The maximum atomic E-state index is 5.13. The lowest BCUT2D eigenvalue weighted by Crippen LogP contribution is -2.33. The topological polar surface area (TPSA) is 41.7 Å². The molecule has 0 bridgehead atoms. The van der Waals surface area contributed by atoms with Crippen LogP contribution in [0.15, 0.2) is 216 Å².